The number of carbonyl (C=O) groups is 2. The molecule has 0 bridgehead atoms. The monoisotopic (exact) mass is 383 g/mol. The second-order valence-electron chi connectivity index (χ2n) is 4.16. The van der Waals surface area contributed by atoms with Gasteiger partial charge in [-0.05, 0) is 47.1 Å². The van der Waals surface area contributed by atoms with Crippen molar-refractivity contribution in [2.75, 3.05) is 18.5 Å². The number of carbonyl (C=O) groups excluding carboxylic acids is 2. The average molecular weight is 384 g/mol. The van der Waals surface area contributed by atoms with Gasteiger partial charge < -0.3 is 14.8 Å². The van der Waals surface area contributed by atoms with Gasteiger partial charge in [0, 0.05) is 0 Å². The molecule has 1 N–H and O–H groups in total. The number of hydrogen-bond donors (Lipinski definition) is 1. The van der Waals surface area contributed by atoms with E-state index >= 15 is 0 Å². The Labute approximate surface area is 140 Å². The van der Waals surface area contributed by atoms with E-state index in [2.05, 4.69) is 21.2 Å². The zero-order chi connectivity index (χ0) is 15.9. The zero-order valence-corrected chi connectivity index (χ0v) is 14.2. The van der Waals surface area contributed by atoms with Gasteiger partial charge in [-0.1, -0.05) is 12.1 Å². The van der Waals surface area contributed by atoms with Gasteiger partial charge >= 0.3 is 5.97 Å². The first kappa shape index (κ1) is 16.5. The molecular formula is C15H14BrNO4S. The maximum atomic E-state index is 11.9. The lowest BCUT2D eigenvalue weighted by Gasteiger charge is -2.11. The highest BCUT2D eigenvalue weighted by atomic mass is 79.9. The van der Waals surface area contributed by atoms with Crippen LogP contribution in [0.25, 0.3) is 0 Å². The zero-order valence-electron chi connectivity index (χ0n) is 11.8. The molecule has 116 valence electrons. The number of benzene rings is 1. The Balaban J connectivity index is 1.89. The normalized spacial score (nSPS) is 10.1. The van der Waals surface area contributed by atoms with E-state index in [1.165, 1.54) is 11.3 Å². The maximum Gasteiger partial charge on any atom is 0.348 e. The van der Waals surface area contributed by atoms with E-state index in [0.29, 0.717) is 22.9 Å². The summed E-state index contributed by atoms with van der Waals surface area (Å²) in [6, 6.07) is 10.5. The first-order chi connectivity index (χ1) is 10.6. The van der Waals surface area contributed by atoms with Crippen LogP contribution in [-0.2, 0) is 9.53 Å². The quantitative estimate of drug-likeness (QED) is 0.772. The molecule has 0 saturated carbocycles. The Bertz CT molecular complexity index is 671. The summed E-state index contributed by atoms with van der Waals surface area (Å²) in [7, 11) is 0. The lowest BCUT2D eigenvalue weighted by atomic mass is 10.3. The van der Waals surface area contributed by atoms with Gasteiger partial charge in [0.2, 0.25) is 0 Å². The topological polar surface area (TPSA) is 64.6 Å². The molecule has 22 heavy (non-hydrogen) atoms. The number of ether oxygens (including phenoxy) is 2. The van der Waals surface area contributed by atoms with Crippen LogP contribution in [0.2, 0.25) is 0 Å². The first-order valence-electron chi connectivity index (χ1n) is 6.54. The van der Waals surface area contributed by atoms with E-state index in [-0.39, 0.29) is 6.61 Å². The number of amides is 1. The molecule has 0 radical (unpaired) electrons. The third-order valence-corrected chi connectivity index (χ3v) is 4.17. The Morgan fingerprint density at radius 1 is 1.23 bits per heavy atom. The molecule has 5 nitrogen and oxygen atoms in total. The number of nitrogens with one attached hydrogen (secondary N) is 1. The highest BCUT2D eigenvalue weighted by molar-refractivity contribution is 9.11. The molecule has 0 aliphatic rings. The summed E-state index contributed by atoms with van der Waals surface area (Å²) in [6.45, 7) is 2.00. The van der Waals surface area contributed by atoms with Crippen LogP contribution in [0.15, 0.2) is 40.2 Å². The Kier molecular flexibility index (Phi) is 5.97. The molecule has 0 spiro atoms. The molecule has 1 amide bonds. The molecule has 2 rings (SSSR count). The number of halogens is 1. The van der Waals surface area contributed by atoms with Gasteiger partial charge in [0.1, 0.15) is 10.6 Å². The van der Waals surface area contributed by atoms with Crippen LogP contribution in [0.5, 0.6) is 5.75 Å². The van der Waals surface area contributed by atoms with E-state index in [9.17, 15) is 9.59 Å². The van der Waals surface area contributed by atoms with Gasteiger partial charge in [0.05, 0.1) is 16.1 Å². The Morgan fingerprint density at radius 2 is 2.00 bits per heavy atom. The van der Waals surface area contributed by atoms with Crippen molar-refractivity contribution in [3.05, 3.63) is 45.1 Å². The minimum atomic E-state index is -0.524. The van der Waals surface area contributed by atoms with Gasteiger partial charge in [-0.3, -0.25) is 4.79 Å². The van der Waals surface area contributed by atoms with Gasteiger partial charge in [-0.15, -0.1) is 11.3 Å². The van der Waals surface area contributed by atoms with E-state index in [1.54, 1.807) is 30.3 Å². The van der Waals surface area contributed by atoms with Crippen LogP contribution in [0, 0.1) is 0 Å². The Hall–Kier alpha value is -1.86. The summed E-state index contributed by atoms with van der Waals surface area (Å²) in [4.78, 5) is 24.0. The number of esters is 1. The predicted molar refractivity (Wildman–Crippen MR) is 88.5 cm³/mol. The van der Waals surface area contributed by atoms with E-state index < -0.39 is 11.9 Å². The second-order valence-corrected chi connectivity index (χ2v) is 6.62. The largest absolute Gasteiger partial charge is 0.492 e. The van der Waals surface area contributed by atoms with Crippen molar-refractivity contribution in [3.63, 3.8) is 0 Å². The summed E-state index contributed by atoms with van der Waals surface area (Å²) in [6.07, 6.45) is 0. The van der Waals surface area contributed by atoms with Crippen molar-refractivity contribution in [3.8, 4) is 5.75 Å². The van der Waals surface area contributed by atoms with Crippen LogP contribution in [0.1, 0.15) is 16.6 Å². The highest BCUT2D eigenvalue weighted by Gasteiger charge is 2.13. The van der Waals surface area contributed by atoms with E-state index in [4.69, 9.17) is 9.47 Å². The fraction of sp³-hybridized carbons (Fsp3) is 0.200. The lowest BCUT2D eigenvalue weighted by Crippen LogP contribution is -2.21. The Morgan fingerprint density at radius 3 is 2.68 bits per heavy atom. The van der Waals surface area contributed by atoms with Crippen molar-refractivity contribution in [1.82, 2.24) is 0 Å². The second kappa shape index (κ2) is 7.95. The number of para-hydroxylation sites is 2. The van der Waals surface area contributed by atoms with Crippen molar-refractivity contribution in [2.24, 2.45) is 0 Å². The predicted octanol–water partition coefficient (Wildman–Crippen LogP) is 3.70. The third kappa shape index (κ3) is 4.57. The molecular weight excluding hydrogens is 370 g/mol. The molecule has 2 aromatic rings. The van der Waals surface area contributed by atoms with Crippen LogP contribution in [-0.4, -0.2) is 25.1 Å². The van der Waals surface area contributed by atoms with Gasteiger partial charge in [-0.2, -0.15) is 0 Å². The van der Waals surface area contributed by atoms with Gasteiger partial charge in [0.15, 0.2) is 6.61 Å². The van der Waals surface area contributed by atoms with Crippen molar-refractivity contribution in [1.29, 1.82) is 0 Å². The minimum Gasteiger partial charge on any atom is -0.492 e. The standard InChI is InChI=1S/C15H14BrNO4S/c1-2-20-11-6-4-3-5-10(11)17-14(18)9-21-15(19)12-7-8-13(16)22-12/h3-8H,2,9H2,1H3,(H,17,18). The molecule has 0 unspecified atom stereocenters. The number of anilines is 1. The number of thiophene rings is 1. The van der Waals surface area contributed by atoms with Crippen LogP contribution in [0.4, 0.5) is 5.69 Å². The minimum absolute atomic E-state index is 0.352. The maximum absolute atomic E-state index is 11.9. The van der Waals surface area contributed by atoms with Crippen LogP contribution >= 0.6 is 27.3 Å². The molecule has 0 atom stereocenters. The fourth-order valence-corrected chi connectivity index (χ4v) is 2.94. The van der Waals surface area contributed by atoms with Crippen molar-refractivity contribution < 1.29 is 19.1 Å². The molecule has 1 aromatic heterocycles. The van der Waals surface area contributed by atoms with Crippen LogP contribution < -0.4 is 10.1 Å². The fourth-order valence-electron chi connectivity index (χ4n) is 1.66. The molecule has 0 saturated heterocycles. The molecule has 1 heterocycles. The summed E-state index contributed by atoms with van der Waals surface area (Å²) in [5, 5.41) is 2.66. The average Bonchev–Trinajstić information content (AvgIpc) is 2.94. The van der Waals surface area contributed by atoms with E-state index in [0.717, 1.165) is 3.79 Å². The third-order valence-electron chi connectivity index (χ3n) is 2.57. The molecule has 0 aliphatic carbocycles. The number of hydrogen-bond acceptors (Lipinski definition) is 5. The SMILES string of the molecule is CCOc1ccccc1NC(=O)COC(=O)c1ccc(Br)s1. The lowest BCUT2D eigenvalue weighted by molar-refractivity contribution is -0.119. The summed E-state index contributed by atoms with van der Waals surface area (Å²) < 4.78 is 11.2. The van der Waals surface area contributed by atoms with Crippen molar-refractivity contribution in [2.45, 2.75) is 6.92 Å². The van der Waals surface area contributed by atoms with Crippen molar-refractivity contribution >= 4 is 44.8 Å². The molecule has 0 aliphatic heterocycles. The molecule has 1 aromatic carbocycles. The van der Waals surface area contributed by atoms with Gasteiger partial charge in [-0.25, -0.2) is 4.79 Å². The highest BCUT2D eigenvalue weighted by Crippen LogP contribution is 2.24. The first-order valence-corrected chi connectivity index (χ1v) is 8.15. The van der Waals surface area contributed by atoms with Crippen LogP contribution in [0.3, 0.4) is 0 Å². The number of rotatable bonds is 6. The smallest absolute Gasteiger partial charge is 0.348 e. The summed E-state index contributed by atoms with van der Waals surface area (Å²) in [5.41, 5.74) is 0.546. The summed E-state index contributed by atoms with van der Waals surface area (Å²) in [5.74, 6) is -0.369. The summed E-state index contributed by atoms with van der Waals surface area (Å²) >= 11 is 4.52. The molecule has 7 heteroatoms. The van der Waals surface area contributed by atoms with Gasteiger partial charge in [0.25, 0.3) is 5.91 Å². The van der Waals surface area contributed by atoms with E-state index in [1.807, 2.05) is 13.0 Å². The molecule has 0 fully saturated rings.